The number of hydrogen-bond donors (Lipinski definition) is 1. The summed E-state index contributed by atoms with van der Waals surface area (Å²) in [5, 5.41) is 14.5. The van der Waals surface area contributed by atoms with Crippen LogP contribution >= 0.6 is 11.8 Å². The molecule has 0 aliphatic heterocycles. The Morgan fingerprint density at radius 3 is 2.60 bits per heavy atom. The lowest BCUT2D eigenvalue weighted by Crippen LogP contribution is -2.30. The molecule has 0 saturated heterocycles. The second-order valence-electron chi connectivity index (χ2n) is 4.48. The van der Waals surface area contributed by atoms with E-state index in [1.807, 2.05) is 31.2 Å². The highest BCUT2D eigenvalue weighted by Gasteiger charge is 2.18. The van der Waals surface area contributed by atoms with Gasteiger partial charge in [-0.2, -0.15) is 4.73 Å². The van der Waals surface area contributed by atoms with Gasteiger partial charge in [-0.05, 0) is 43.8 Å². The molecule has 0 saturated carbocycles. The van der Waals surface area contributed by atoms with Crippen molar-refractivity contribution < 1.29 is 9.52 Å². The lowest BCUT2D eigenvalue weighted by Gasteiger charge is -2.11. The van der Waals surface area contributed by atoms with E-state index in [-0.39, 0.29) is 11.2 Å². The van der Waals surface area contributed by atoms with Crippen LogP contribution in [0.25, 0.3) is 0 Å². The molecule has 1 atom stereocenters. The molecule has 1 N–H and O–H groups in total. The van der Waals surface area contributed by atoms with Gasteiger partial charge in [-0.3, -0.25) is 4.79 Å². The third-order valence-corrected chi connectivity index (χ3v) is 3.90. The van der Waals surface area contributed by atoms with Crippen LogP contribution in [0.3, 0.4) is 0 Å². The van der Waals surface area contributed by atoms with Gasteiger partial charge in [0.2, 0.25) is 5.91 Å². The zero-order valence-corrected chi connectivity index (χ0v) is 12.2. The first-order valence-electron chi connectivity index (χ1n) is 6.28. The Labute approximate surface area is 122 Å². The number of aryl methyl sites for hydroxylation is 1. The zero-order chi connectivity index (χ0) is 14.5. The van der Waals surface area contributed by atoms with Crippen molar-refractivity contribution in [2.45, 2.75) is 24.1 Å². The van der Waals surface area contributed by atoms with Gasteiger partial charge in [-0.1, -0.05) is 17.7 Å². The van der Waals surface area contributed by atoms with Crippen LogP contribution in [0.4, 0.5) is 5.69 Å². The molecule has 0 radical (unpaired) electrons. The Bertz CT molecular complexity index is 599. The lowest BCUT2D eigenvalue weighted by molar-refractivity contribution is -0.645. The van der Waals surface area contributed by atoms with Crippen LogP contribution < -0.4 is 10.0 Å². The van der Waals surface area contributed by atoms with Crippen LogP contribution in [0, 0.1) is 12.1 Å². The molecule has 1 aromatic carbocycles. The molecule has 0 unspecified atom stereocenters. The summed E-state index contributed by atoms with van der Waals surface area (Å²) >= 11 is 1.24. The zero-order valence-electron chi connectivity index (χ0n) is 11.4. The molecule has 4 nitrogen and oxygen atoms in total. The Morgan fingerprint density at radius 1 is 1.25 bits per heavy atom. The van der Waals surface area contributed by atoms with E-state index in [1.54, 1.807) is 25.1 Å². The van der Waals surface area contributed by atoms with Crippen molar-refractivity contribution >= 4 is 23.4 Å². The highest BCUT2D eigenvalue weighted by Crippen LogP contribution is 2.21. The largest absolute Gasteiger partial charge is 0.618 e. The van der Waals surface area contributed by atoms with Crippen LogP contribution in [0.5, 0.6) is 0 Å². The van der Waals surface area contributed by atoms with Gasteiger partial charge < -0.3 is 10.5 Å². The van der Waals surface area contributed by atoms with Crippen LogP contribution in [-0.2, 0) is 4.79 Å². The highest BCUT2D eigenvalue weighted by atomic mass is 32.2. The molecule has 0 spiro atoms. The molecule has 2 rings (SSSR count). The minimum absolute atomic E-state index is 0.122. The Morgan fingerprint density at radius 2 is 1.95 bits per heavy atom. The number of thioether (sulfide) groups is 1. The summed E-state index contributed by atoms with van der Waals surface area (Å²) in [7, 11) is 0. The van der Waals surface area contributed by atoms with Crippen molar-refractivity contribution in [2.24, 2.45) is 0 Å². The van der Waals surface area contributed by atoms with Gasteiger partial charge in [0, 0.05) is 17.8 Å². The Kier molecular flexibility index (Phi) is 4.63. The third-order valence-electron chi connectivity index (χ3n) is 2.77. The third kappa shape index (κ3) is 3.74. The summed E-state index contributed by atoms with van der Waals surface area (Å²) < 4.78 is 0.764. The molecule has 5 heteroatoms. The van der Waals surface area contributed by atoms with Gasteiger partial charge in [0.15, 0.2) is 6.20 Å². The molecule has 2 aromatic rings. The van der Waals surface area contributed by atoms with E-state index in [2.05, 4.69) is 5.32 Å². The lowest BCUT2D eigenvalue weighted by atomic mass is 10.2. The van der Waals surface area contributed by atoms with Crippen molar-refractivity contribution in [2.75, 3.05) is 5.32 Å². The number of nitrogens with one attached hydrogen (secondary N) is 1. The number of anilines is 1. The molecule has 0 fully saturated rings. The van der Waals surface area contributed by atoms with Gasteiger partial charge >= 0.3 is 0 Å². The van der Waals surface area contributed by atoms with Gasteiger partial charge in [-0.25, -0.2) is 0 Å². The number of amides is 1. The van der Waals surface area contributed by atoms with Gasteiger partial charge in [0.25, 0.3) is 5.03 Å². The maximum Gasteiger partial charge on any atom is 0.252 e. The SMILES string of the molecule is Cc1ccc(NC(=O)[C@@H](C)Sc2cccc[n+]2[O-])cc1. The summed E-state index contributed by atoms with van der Waals surface area (Å²) in [5.41, 5.74) is 1.90. The first kappa shape index (κ1) is 14.4. The van der Waals surface area contributed by atoms with Crippen molar-refractivity contribution in [3.05, 3.63) is 59.4 Å². The van der Waals surface area contributed by atoms with Gasteiger partial charge in [0.05, 0.1) is 5.25 Å². The molecular weight excluding hydrogens is 272 g/mol. The molecular formula is C15H16N2O2S. The Balaban J connectivity index is 1.99. The van der Waals surface area contributed by atoms with Crippen LogP contribution in [-0.4, -0.2) is 11.2 Å². The molecule has 104 valence electrons. The second-order valence-corrected chi connectivity index (χ2v) is 5.84. The number of nitrogens with zero attached hydrogens (tertiary/aromatic N) is 1. The fourth-order valence-electron chi connectivity index (χ4n) is 1.62. The van der Waals surface area contributed by atoms with Gasteiger partial charge in [0.1, 0.15) is 0 Å². The van der Waals surface area contributed by atoms with Crippen molar-refractivity contribution in [3.8, 4) is 0 Å². The van der Waals surface area contributed by atoms with E-state index < -0.39 is 0 Å². The van der Waals surface area contributed by atoms with Crippen LogP contribution in [0.1, 0.15) is 12.5 Å². The maximum atomic E-state index is 12.1. The Hall–Kier alpha value is -2.01. The first-order valence-corrected chi connectivity index (χ1v) is 7.16. The van der Waals surface area contributed by atoms with E-state index in [4.69, 9.17) is 0 Å². The van der Waals surface area contributed by atoms with E-state index >= 15 is 0 Å². The highest BCUT2D eigenvalue weighted by molar-refractivity contribution is 8.00. The normalized spacial score (nSPS) is 11.9. The monoisotopic (exact) mass is 288 g/mol. The van der Waals surface area contributed by atoms with Gasteiger partial charge in [-0.15, -0.1) is 0 Å². The second kappa shape index (κ2) is 6.43. The maximum absolute atomic E-state index is 12.1. The molecule has 1 amide bonds. The predicted molar refractivity (Wildman–Crippen MR) is 80.5 cm³/mol. The van der Waals surface area contributed by atoms with E-state index in [9.17, 15) is 10.0 Å². The topological polar surface area (TPSA) is 56.0 Å². The number of benzene rings is 1. The molecule has 0 bridgehead atoms. The standard InChI is InChI=1S/C15H16N2O2S/c1-11-6-8-13(9-7-11)16-15(18)12(2)20-14-5-3-4-10-17(14)19/h3-10,12H,1-2H3,(H,16,18)/t12-/m1/s1. The summed E-state index contributed by atoms with van der Waals surface area (Å²) in [6.45, 7) is 3.77. The molecule has 0 aliphatic carbocycles. The van der Waals surface area contributed by atoms with Crippen molar-refractivity contribution in [1.29, 1.82) is 0 Å². The quantitative estimate of drug-likeness (QED) is 0.534. The number of pyridine rings is 1. The smallest absolute Gasteiger partial charge is 0.252 e. The number of carbonyl (C=O) groups excluding carboxylic acids is 1. The van der Waals surface area contributed by atoms with Crippen molar-refractivity contribution in [3.63, 3.8) is 0 Å². The van der Waals surface area contributed by atoms with E-state index in [0.29, 0.717) is 5.03 Å². The van der Waals surface area contributed by atoms with E-state index in [1.165, 1.54) is 18.0 Å². The molecule has 20 heavy (non-hydrogen) atoms. The summed E-state index contributed by atoms with van der Waals surface area (Å²) in [6.07, 6.45) is 1.42. The fourth-order valence-corrected chi connectivity index (χ4v) is 2.47. The summed E-state index contributed by atoms with van der Waals surface area (Å²) in [6, 6.07) is 12.7. The minimum atomic E-state index is -0.348. The number of rotatable bonds is 4. The predicted octanol–water partition coefficient (Wildman–Crippen LogP) is 2.75. The fraction of sp³-hybridized carbons (Fsp3) is 0.200. The van der Waals surface area contributed by atoms with Crippen LogP contribution in [0.2, 0.25) is 0 Å². The number of carbonyl (C=O) groups is 1. The summed E-state index contributed by atoms with van der Waals surface area (Å²) in [4.78, 5) is 12.1. The molecule has 1 aromatic heterocycles. The number of hydrogen-bond acceptors (Lipinski definition) is 3. The van der Waals surface area contributed by atoms with E-state index in [0.717, 1.165) is 16.0 Å². The van der Waals surface area contributed by atoms with Crippen molar-refractivity contribution in [1.82, 2.24) is 0 Å². The van der Waals surface area contributed by atoms with Crippen LogP contribution in [0.15, 0.2) is 53.7 Å². The minimum Gasteiger partial charge on any atom is -0.618 e. The first-order chi connectivity index (χ1) is 9.56. The molecule has 0 aliphatic rings. The average Bonchev–Trinajstić information content (AvgIpc) is 2.44. The summed E-state index contributed by atoms with van der Waals surface area (Å²) in [5.74, 6) is -0.122. The number of aromatic nitrogens is 1. The average molecular weight is 288 g/mol. The molecule has 1 heterocycles.